The topological polar surface area (TPSA) is 0 Å². The van der Waals surface area contributed by atoms with E-state index in [1.54, 1.807) is 37.3 Å². The minimum atomic E-state index is -1.13. The van der Waals surface area contributed by atoms with Crippen LogP contribution in [0, 0.1) is 23.4 Å². The van der Waals surface area contributed by atoms with Crippen LogP contribution in [0.5, 0.6) is 0 Å². The molecule has 3 aromatic carbocycles. The van der Waals surface area contributed by atoms with Crippen molar-refractivity contribution >= 4 is 16.8 Å². The van der Waals surface area contributed by atoms with Gasteiger partial charge in [-0.15, -0.1) is 0 Å². The lowest BCUT2D eigenvalue weighted by molar-refractivity contribution is 0.308. The van der Waals surface area contributed by atoms with Gasteiger partial charge in [0.25, 0.3) is 0 Å². The monoisotopic (exact) mass is 422 g/mol. The molecule has 0 bridgehead atoms. The van der Waals surface area contributed by atoms with Crippen LogP contribution in [0.2, 0.25) is 0 Å². The lowest BCUT2D eigenvalue weighted by Gasteiger charge is -2.28. The van der Waals surface area contributed by atoms with Crippen molar-refractivity contribution in [3.05, 3.63) is 77.1 Å². The largest absolute Gasteiger partial charge is 0.206 e. The molecule has 0 spiro atoms. The first kappa shape index (κ1) is 21.7. The summed E-state index contributed by atoms with van der Waals surface area (Å²) in [7, 11) is 0. The first-order valence-electron chi connectivity index (χ1n) is 11.4. The van der Waals surface area contributed by atoms with Crippen molar-refractivity contribution in [2.45, 2.75) is 58.3 Å². The quantitative estimate of drug-likeness (QED) is 0.385. The number of allylic oxidation sites excluding steroid dienone is 1. The zero-order valence-corrected chi connectivity index (χ0v) is 18.2. The Labute approximate surface area is 182 Å². The summed E-state index contributed by atoms with van der Waals surface area (Å²) in [5, 5.41) is 0.0651. The van der Waals surface area contributed by atoms with Gasteiger partial charge in [-0.3, -0.25) is 0 Å². The Morgan fingerprint density at radius 2 is 1.58 bits per heavy atom. The van der Waals surface area contributed by atoms with Crippen molar-refractivity contribution in [1.29, 1.82) is 0 Å². The molecule has 1 aliphatic rings. The number of fused-ring (bicyclic) bond motifs is 1. The van der Waals surface area contributed by atoms with E-state index in [1.807, 2.05) is 24.3 Å². The molecule has 0 aliphatic heterocycles. The highest BCUT2D eigenvalue weighted by Gasteiger charge is 2.23. The first-order chi connectivity index (χ1) is 15.0. The fourth-order valence-corrected chi connectivity index (χ4v) is 5.04. The minimum Gasteiger partial charge on any atom is -0.206 e. The molecule has 1 fully saturated rings. The van der Waals surface area contributed by atoms with E-state index >= 15 is 0 Å². The van der Waals surface area contributed by atoms with Gasteiger partial charge in [-0.05, 0) is 67.0 Å². The summed E-state index contributed by atoms with van der Waals surface area (Å²) in [4.78, 5) is 0. The second-order valence-electron chi connectivity index (χ2n) is 8.75. The van der Waals surface area contributed by atoms with Gasteiger partial charge in [0.2, 0.25) is 0 Å². The smallest absolute Gasteiger partial charge is 0.170 e. The first-order valence-corrected chi connectivity index (χ1v) is 11.4. The number of hydrogen-bond donors (Lipinski definition) is 0. The van der Waals surface area contributed by atoms with Crippen LogP contribution in [-0.2, 0) is 0 Å². The summed E-state index contributed by atoms with van der Waals surface area (Å²) in [5.41, 5.74) is 2.29. The Morgan fingerprint density at radius 3 is 2.23 bits per heavy atom. The number of benzene rings is 3. The van der Waals surface area contributed by atoms with Gasteiger partial charge < -0.3 is 0 Å². The van der Waals surface area contributed by atoms with Crippen molar-refractivity contribution in [1.82, 2.24) is 0 Å². The molecule has 0 aromatic heterocycles. The maximum Gasteiger partial charge on any atom is 0.170 e. The zero-order chi connectivity index (χ0) is 22.0. The summed E-state index contributed by atoms with van der Waals surface area (Å²) >= 11 is 0. The van der Waals surface area contributed by atoms with E-state index < -0.39 is 17.5 Å². The van der Waals surface area contributed by atoms with Gasteiger partial charge in [0, 0.05) is 11.1 Å². The second-order valence-corrected chi connectivity index (χ2v) is 8.75. The molecule has 0 radical (unpaired) electrons. The molecule has 0 nitrogen and oxygen atoms in total. The van der Waals surface area contributed by atoms with Crippen molar-refractivity contribution in [2.75, 3.05) is 0 Å². The maximum absolute atomic E-state index is 14.9. The molecular formula is C28H29F3. The SMILES string of the molecule is C/C=C/c1ccc2cc(-c3ccc(C4CCC(CCC)CC4)cc3)c(F)c(F)c2c1F. The average Bonchev–Trinajstić information content (AvgIpc) is 2.79. The maximum atomic E-state index is 14.9. The Kier molecular flexibility index (Phi) is 6.50. The fourth-order valence-electron chi connectivity index (χ4n) is 5.04. The lowest BCUT2D eigenvalue weighted by Crippen LogP contribution is -2.13. The zero-order valence-electron chi connectivity index (χ0n) is 18.2. The molecule has 1 saturated carbocycles. The number of hydrogen-bond acceptors (Lipinski definition) is 0. The number of halogens is 3. The van der Waals surface area contributed by atoms with Gasteiger partial charge in [-0.1, -0.05) is 68.3 Å². The predicted molar refractivity (Wildman–Crippen MR) is 124 cm³/mol. The minimum absolute atomic E-state index is 0.168. The van der Waals surface area contributed by atoms with E-state index in [-0.39, 0.29) is 16.5 Å². The Morgan fingerprint density at radius 1 is 0.871 bits per heavy atom. The van der Waals surface area contributed by atoms with E-state index in [0.29, 0.717) is 16.9 Å². The highest BCUT2D eigenvalue weighted by Crippen LogP contribution is 2.39. The molecule has 0 atom stereocenters. The highest BCUT2D eigenvalue weighted by molar-refractivity contribution is 5.90. The average molecular weight is 423 g/mol. The third-order valence-corrected chi connectivity index (χ3v) is 6.74. The summed E-state index contributed by atoms with van der Waals surface area (Å²) < 4.78 is 44.5. The van der Waals surface area contributed by atoms with E-state index in [2.05, 4.69) is 6.92 Å². The fraction of sp³-hybridized carbons (Fsp3) is 0.357. The van der Waals surface area contributed by atoms with Crippen LogP contribution in [-0.4, -0.2) is 0 Å². The van der Waals surface area contributed by atoms with Gasteiger partial charge in [-0.2, -0.15) is 0 Å². The van der Waals surface area contributed by atoms with Gasteiger partial charge in [-0.25, -0.2) is 13.2 Å². The Bertz CT molecular complexity index is 1090. The van der Waals surface area contributed by atoms with Gasteiger partial charge in [0.15, 0.2) is 11.6 Å². The van der Waals surface area contributed by atoms with Crippen molar-refractivity contribution in [2.24, 2.45) is 5.92 Å². The van der Waals surface area contributed by atoms with Gasteiger partial charge in [0.1, 0.15) is 5.82 Å². The molecule has 162 valence electrons. The molecule has 0 heterocycles. The molecule has 3 heteroatoms. The standard InChI is InChI=1S/C28H29F3/c1-3-5-18-7-9-19(10-8-18)20-11-13-21(14-12-20)24-17-23-16-15-22(6-4-2)26(29)25(23)28(31)27(24)30/h4,6,11-19H,3,5,7-10H2,1-2H3/b6-4+. The summed E-state index contributed by atoms with van der Waals surface area (Å²) in [6, 6.07) is 12.6. The van der Waals surface area contributed by atoms with Crippen molar-refractivity contribution in [3.63, 3.8) is 0 Å². The molecular weight excluding hydrogens is 393 g/mol. The number of rotatable bonds is 5. The third-order valence-electron chi connectivity index (χ3n) is 6.74. The van der Waals surface area contributed by atoms with E-state index in [9.17, 15) is 13.2 Å². The van der Waals surface area contributed by atoms with Crippen LogP contribution >= 0.6 is 0 Å². The third kappa shape index (κ3) is 4.28. The van der Waals surface area contributed by atoms with E-state index in [4.69, 9.17) is 0 Å². The van der Waals surface area contributed by atoms with Crippen LogP contribution in [0.15, 0.2) is 48.5 Å². The van der Waals surface area contributed by atoms with Crippen LogP contribution in [0.25, 0.3) is 28.0 Å². The molecule has 0 unspecified atom stereocenters. The second kappa shape index (κ2) is 9.30. The van der Waals surface area contributed by atoms with Crippen LogP contribution in [0.1, 0.15) is 69.4 Å². The normalized spacial score (nSPS) is 19.4. The Balaban J connectivity index is 1.63. The molecule has 0 N–H and O–H groups in total. The van der Waals surface area contributed by atoms with Crippen LogP contribution < -0.4 is 0 Å². The van der Waals surface area contributed by atoms with Crippen LogP contribution in [0.3, 0.4) is 0 Å². The summed E-state index contributed by atoms with van der Waals surface area (Å²) in [6.07, 6.45) is 10.7. The molecule has 1 aliphatic carbocycles. The Hall–Kier alpha value is -2.55. The highest BCUT2D eigenvalue weighted by atomic mass is 19.2. The van der Waals surface area contributed by atoms with E-state index in [0.717, 1.165) is 5.92 Å². The van der Waals surface area contributed by atoms with Gasteiger partial charge >= 0.3 is 0 Å². The molecule has 3 aromatic rings. The van der Waals surface area contributed by atoms with Gasteiger partial charge in [0.05, 0.1) is 5.39 Å². The van der Waals surface area contributed by atoms with Crippen molar-refractivity contribution in [3.8, 4) is 11.1 Å². The molecule has 31 heavy (non-hydrogen) atoms. The van der Waals surface area contributed by atoms with Crippen LogP contribution in [0.4, 0.5) is 13.2 Å². The van der Waals surface area contributed by atoms with Crippen molar-refractivity contribution < 1.29 is 13.2 Å². The molecule has 0 saturated heterocycles. The summed E-state index contributed by atoms with van der Waals surface area (Å²) in [6.45, 7) is 4.00. The summed E-state index contributed by atoms with van der Waals surface area (Å²) in [5.74, 6) is -1.47. The van der Waals surface area contributed by atoms with E-state index in [1.165, 1.54) is 44.1 Å². The predicted octanol–water partition coefficient (Wildman–Crippen LogP) is 9.03. The lowest BCUT2D eigenvalue weighted by atomic mass is 9.77. The molecule has 0 amide bonds. The molecule has 4 rings (SSSR count).